The van der Waals surface area contributed by atoms with E-state index in [9.17, 15) is 0 Å². The van der Waals surface area contributed by atoms with Gasteiger partial charge < -0.3 is 0 Å². The van der Waals surface area contributed by atoms with Gasteiger partial charge in [-0.2, -0.15) is 0 Å². The molecule has 0 aromatic carbocycles. The predicted molar refractivity (Wildman–Crippen MR) is 57.3 cm³/mol. The molecule has 0 aliphatic carbocycles. The lowest BCUT2D eigenvalue weighted by Gasteiger charge is -2.12. The standard InChI is InChI=1S/C12H24/c1-6-7-12(11(4)5)9-8-10(2)3/h7,10-11H,6,8-9H2,1-5H3/b12-7-. The fraction of sp³-hybridized carbons (Fsp3) is 0.833. The van der Waals surface area contributed by atoms with Crippen molar-refractivity contribution in [3.63, 3.8) is 0 Å². The highest BCUT2D eigenvalue weighted by atomic mass is 14.1. The molecule has 72 valence electrons. The fourth-order valence-corrected chi connectivity index (χ4v) is 1.34. The molecule has 0 aromatic rings. The molecule has 0 aromatic heterocycles. The molecule has 0 atom stereocenters. The summed E-state index contributed by atoms with van der Waals surface area (Å²) in [7, 11) is 0. The van der Waals surface area contributed by atoms with Gasteiger partial charge in [0.1, 0.15) is 0 Å². The van der Waals surface area contributed by atoms with Crippen molar-refractivity contribution < 1.29 is 0 Å². The highest BCUT2D eigenvalue weighted by Crippen LogP contribution is 2.19. The van der Waals surface area contributed by atoms with Crippen LogP contribution in [0.15, 0.2) is 11.6 Å². The van der Waals surface area contributed by atoms with Crippen molar-refractivity contribution in [3.05, 3.63) is 11.6 Å². The minimum Gasteiger partial charge on any atom is -0.0853 e. The van der Waals surface area contributed by atoms with Crippen LogP contribution in [0.1, 0.15) is 53.9 Å². The third-order valence-electron chi connectivity index (χ3n) is 2.22. The van der Waals surface area contributed by atoms with Crippen LogP contribution in [0.5, 0.6) is 0 Å². The van der Waals surface area contributed by atoms with Crippen molar-refractivity contribution >= 4 is 0 Å². The first-order valence-electron chi connectivity index (χ1n) is 5.26. The second-order valence-electron chi connectivity index (χ2n) is 4.27. The van der Waals surface area contributed by atoms with Gasteiger partial charge >= 0.3 is 0 Å². The molecule has 0 heteroatoms. The largest absolute Gasteiger partial charge is 0.0853 e. The second-order valence-corrected chi connectivity index (χ2v) is 4.27. The van der Waals surface area contributed by atoms with E-state index in [0.717, 1.165) is 11.8 Å². The molecule has 0 aliphatic heterocycles. The van der Waals surface area contributed by atoms with E-state index in [1.54, 1.807) is 5.57 Å². The van der Waals surface area contributed by atoms with Crippen LogP contribution in [0.25, 0.3) is 0 Å². The van der Waals surface area contributed by atoms with E-state index < -0.39 is 0 Å². The van der Waals surface area contributed by atoms with Crippen LogP contribution in [0, 0.1) is 11.8 Å². The maximum atomic E-state index is 2.40. The van der Waals surface area contributed by atoms with Gasteiger partial charge in [0.25, 0.3) is 0 Å². The van der Waals surface area contributed by atoms with E-state index in [0.29, 0.717) is 0 Å². The van der Waals surface area contributed by atoms with E-state index in [1.807, 2.05) is 0 Å². The zero-order chi connectivity index (χ0) is 9.56. The van der Waals surface area contributed by atoms with Crippen LogP contribution < -0.4 is 0 Å². The van der Waals surface area contributed by atoms with Crippen LogP contribution in [0.4, 0.5) is 0 Å². The lowest BCUT2D eigenvalue weighted by Crippen LogP contribution is -1.97. The average Bonchev–Trinajstić information content (AvgIpc) is 1.96. The highest BCUT2D eigenvalue weighted by molar-refractivity contribution is 5.04. The van der Waals surface area contributed by atoms with Crippen LogP contribution in [-0.4, -0.2) is 0 Å². The Morgan fingerprint density at radius 3 is 2.08 bits per heavy atom. The SMILES string of the molecule is CC/C=C(/CCC(C)C)C(C)C. The Bertz CT molecular complexity index is 129. The lowest BCUT2D eigenvalue weighted by molar-refractivity contribution is 0.558. The van der Waals surface area contributed by atoms with E-state index in [-0.39, 0.29) is 0 Å². The summed E-state index contributed by atoms with van der Waals surface area (Å²) in [5, 5.41) is 0. The first-order valence-corrected chi connectivity index (χ1v) is 5.26. The predicted octanol–water partition coefficient (Wildman–Crippen LogP) is 4.42. The third kappa shape index (κ3) is 5.40. The summed E-state index contributed by atoms with van der Waals surface area (Å²) in [5.41, 5.74) is 1.64. The summed E-state index contributed by atoms with van der Waals surface area (Å²) in [4.78, 5) is 0. The Labute approximate surface area is 78.1 Å². The molecular formula is C12H24. The molecule has 0 bridgehead atoms. The second kappa shape index (κ2) is 6.28. The monoisotopic (exact) mass is 168 g/mol. The van der Waals surface area contributed by atoms with Gasteiger partial charge in [-0.15, -0.1) is 0 Å². The molecule has 0 nitrogen and oxygen atoms in total. The van der Waals surface area contributed by atoms with Gasteiger partial charge in [0.2, 0.25) is 0 Å². The summed E-state index contributed by atoms with van der Waals surface area (Å²) in [6.07, 6.45) is 6.21. The van der Waals surface area contributed by atoms with E-state index in [2.05, 4.69) is 40.7 Å². The molecule has 0 spiro atoms. The maximum Gasteiger partial charge on any atom is -0.0260 e. The van der Waals surface area contributed by atoms with Crippen molar-refractivity contribution in [2.24, 2.45) is 11.8 Å². The first-order chi connectivity index (χ1) is 5.57. The van der Waals surface area contributed by atoms with Crippen LogP contribution in [0.2, 0.25) is 0 Å². The molecule has 0 aliphatic rings. The molecule has 12 heavy (non-hydrogen) atoms. The quantitative estimate of drug-likeness (QED) is 0.533. The molecule has 0 rings (SSSR count). The van der Waals surface area contributed by atoms with Crippen molar-refractivity contribution in [2.45, 2.75) is 53.9 Å². The summed E-state index contributed by atoms with van der Waals surface area (Å²) in [6, 6.07) is 0. The van der Waals surface area contributed by atoms with Crippen molar-refractivity contribution in [1.29, 1.82) is 0 Å². The van der Waals surface area contributed by atoms with Gasteiger partial charge in [0.05, 0.1) is 0 Å². The van der Waals surface area contributed by atoms with Gasteiger partial charge in [-0.3, -0.25) is 0 Å². The molecule has 0 saturated heterocycles. The van der Waals surface area contributed by atoms with E-state index in [1.165, 1.54) is 19.3 Å². The van der Waals surface area contributed by atoms with Crippen molar-refractivity contribution in [3.8, 4) is 0 Å². The van der Waals surface area contributed by atoms with Gasteiger partial charge in [0, 0.05) is 0 Å². The molecule has 0 heterocycles. The Morgan fingerprint density at radius 2 is 1.75 bits per heavy atom. The normalized spacial score (nSPS) is 13.1. The molecule has 0 radical (unpaired) electrons. The maximum absolute atomic E-state index is 2.40. The highest BCUT2D eigenvalue weighted by Gasteiger charge is 2.03. The lowest BCUT2D eigenvalue weighted by atomic mass is 9.94. The molecule has 0 amide bonds. The van der Waals surface area contributed by atoms with Crippen LogP contribution >= 0.6 is 0 Å². The molecule has 0 fully saturated rings. The van der Waals surface area contributed by atoms with Crippen LogP contribution in [-0.2, 0) is 0 Å². The van der Waals surface area contributed by atoms with Crippen molar-refractivity contribution in [1.82, 2.24) is 0 Å². The van der Waals surface area contributed by atoms with E-state index >= 15 is 0 Å². The van der Waals surface area contributed by atoms with E-state index in [4.69, 9.17) is 0 Å². The summed E-state index contributed by atoms with van der Waals surface area (Å²) in [5.74, 6) is 1.58. The summed E-state index contributed by atoms with van der Waals surface area (Å²) in [6.45, 7) is 11.4. The third-order valence-corrected chi connectivity index (χ3v) is 2.22. The Kier molecular flexibility index (Phi) is 6.14. The number of rotatable bonds is 5. The smallest absolute Gasteiger partial charge is 0.0260 e. The zero-order valence-electron chi connectivity index (χ0n) is 9.35. The molecule has 0 saturated carbocycles. The Hall–Kier alpha value is -0.260. The minimum atomic E-state index is 0.740. The van der Waals surface area contributed by atoms with Gasteiger partial charge in [-0.1, -0.05) is 46.3 Å². The topological polar surface area (TPSA) is 0 Å². The summed E-state index contributed by atoms with van der Waals surface area (Å²) >= 11 is 0. The fourth-order valence-electron chi connectivity index (χ4n) is 1.34. The Morgan fingerprint density at radius 1 is 1.17 bits per heavy atom. The number of hydrogen-bond acceptors (Lipinski definition) is 0. The number of hydrogen-bond donors (Lipinski definition) is 0. The zero-order valence-corrected chi connectivity index (χ0v) is 9.35. The van der Waals surface area contributed by atoms with Crippen molar-refractivity contribution in [2.75, 3.05) is 0 Å². The van der Waals surface area contributed by atoms with Gasteiger partial charge in [-0.25, -0.2) is 0 Å². The minimum absolute atomic E-state index is 0.740. The molecular weight excluding hydrogens is 144 g/mol. The molecule has 0 N–H and O–H groups in total. The Balaban J connectivity index is 3.89. The molecule has 0 unspecified atom stereocenters. The van der Waals surface area contributed by atoms with Gasteiger partial charge in [0.15, 0.2) is 0 Å². The first kappa shape index (κ1) is 11.7. The number of allylic oxidation sites excluding steroid dienone is 2. The van der Waals surface area contributed by atoms with Crippen LogP contribution in [0.3, 0.4) is 0 Å². The average molecular weight is 168 g/mol. The summed E-state index contributed by atoms with van der Waals surface area (Å²) < 4.78 is 0. The van der Waals surface area contributed by atoms with Gasteiger partial charge in [-0.05, 0) is 31.1 Å².